The molecule has 1 spiro atoms. The summed E-state index contributed by atoms with van der Waals surface area (Å²) in [7, 11) is 0. The van der Waals surface area contributed by atoms with E-state index in [1.165, 1.54) is 17.7 Å². The van der Waals surface area contributed by atoms with Crippen molar-refractivity contribution in [2.24, 2.45) is 11.8 Å². The molecule has 8 heteroatoms. The standard InChI is InChI=1S/C28H27ClN2O5/c1-13-2-7-20(32)22-21(13)28-18-12-30(11-14-3-4-14)23(18)27(28,35)9-8-19(24(28)36-22)31-25(33)16-6-5-15(29)10-17(16)26(31)34/h2,5-7,10,14,18-19,23-24,32,35H,3-4,8-9,11-12H2,1H3/t18?,19-,23-,24+,27-,28+/m1/s1. The van der Waals surface area contributed by atoms with E-state index in [-0.39, 0.29) is 29.5 Å². The van der Waals surface area contributed by atoms with Gasteiger partial charge in [-0.05, 0) is 68.4 Å². The third-order valence-electron chi connectivity index (χ3n) is 10.0. The van der Waals surface area contributed by atoms with Crippen LogP contribution in [-0.2, 0) is 5.41 Å². The average Bonchev–Trinajstić information content (AvgIpc) is 3.52. The molecule has 2 aromatic rings. The van der Waals surface area contributed by atoms with Crippen molar-refractivity contribution in [3.63, 3.8) is 0 Å². The highest BCUT2D eigenvalue weighted by Gasteiger charge is 2.85. The first-order valence-corrected chi connectivity index (χ1v) is 13.3. The number of amides is 2. The molecule has 3 aliphatic carbocycles. The number of carbonyl (C=O) groups is 2. The summed E-state index contributed by atoms with van der Waals surface area (Å²) in [5, 5.41) is 23.7. The largest absolute Gasteiger partial charge is 0.504 e. The number of aromatic hydroxyl groups is 1. The molecule has 1 saturated heterocycles. The summed E-state index contributed by atoms with van der Waals surface area (Å²) in [4.78, 5) is 30.8. The van der Waals surface area contributed by atoms with Crippen molar-refractivity contribution in [3.8, 4) is 11.5 Å². The van der Waals surface area contributed by atoms with Crippen LogP contribution in [-0.4, -0.2) is 68.7 Å². The molecule has 2 N–H and O–H groups in total. The molecule has 8 rings (SSSR count). The van der Waals surface area contributed by atoms with Crippen LogP contribution in [0.2, 0.25) is 5.02 Å². The Balaban J connectivity index is 1.25. The fraction of sp³-hybridized carbons (Fsp3) is 0.500. The highest BCUT2D eigenvalue weighted by molar-refractivity contribution is 6.32. The van der Waals surface area contributed by atoms with Crippen molar-refractivity contribution in [2.75, 3.05) is 13.1 Å². The Morgan fingerprint density at radius 2 is 1.89 bits per heavy atom. The monoisotopic (exact) mass is 506 g/mol. The molecule has 36 heavy (non-hydrogen) atoms. The number of halogens is 1. The van der Waals surface area contributed by atoms with E-state index in [1.807, 2.05) is 13.0 Å². The first-order chi connectivity index (χ1) is 17.3. The van der Waals surface area contributed by atoms with E-state index in [0.29, 0.717) is 34.7 Å². The zero-order valence-corrected chi connectivity index (χ0v) is 20.7. The van der Waals surface area contributed by atoms with Crippen LogP contribution in [0.15, 0.2) is 30.3 Å². The molecule has 4 fully saturated rings. The minimum absolute atomic E-state index is 0.0345. The number of hydrogen-bond donors (Lipinski definition) is 2. The number of carbonyl (C=O) groups excluding carboxylic acids is 2. The molecule has 2 amide bonds. The average molecular weight is 507 g/mol. The first-order valence-electron chi connectivity index (χ1n) is 12.9. The van der Waals surface area contributed by atoms with Crippen LogP contribution >= 0.6 is 11.6 Å². The molecule has 7 nitrogen and oxygen atoms in total. The normalized spacial score (nSPS) is 37.8. The number of likely N-dealkylation sites (tertiary alicyclic amines) is 1. The Bertz CT molecular complexity index is 1390. The van der Waals surface area contributed by atoms with Crippen LogP contribution in [0.1, 0.15) is 57.5 Å². The summed E-state index contributed by atoms with van der Waals surface area (Å²) < 4.78 is 6.54. The molecule has 2 aromatic carbocycles. The van der Waals surface area contributed by atoms with E-state index >= 15 is 0 Å². The smallest absolute Gasteiger partial charge is 0.261 e. The predicted molar refractivity (Wildman–Crippen MR) is 130 cm³/mol. The van der Waals surface area contributed by atoms with E-state index in [9.17, 15) is 19.8 Å². The fourth-order valence-corrected chi connectivity index (χ4v) is 8.65. The molecule has 3 aliphatic heterocycles. The van der Waals surface area contributed by atoms with Crippen LogP contribution in [0.25, 0.3) is 0 Å². The maximum Gasteiger partial charge on any atom is 0.261 e. The molecule has 186 valence electrons. The molecule has 3 heterocycles. The zero-order valence-electron chi connectivity index (χ0n) is 19.9. The van der Waals surface area contributed by atoms with Gasteiger partial charge in [0, 0.05) is 35.6 Å². The number of ether oxygens (including phenoxy) is 1. The van der Waals surface area contributed by atoms with Crippen molar-refractivity contribution in [2.45, 2.75) is 61.8 Å². The molecule has 3 saturated carbocycles. The van der Waals surface area contributed by atoms with Crippen molar-refractivity contribution >= 4 is 23.4 Å². The van der Waals surface area contributed by atoms with Crippen molar-refractivity contribution in [3.05, 3.63) is 57.6 Å². The molecule has 0 radical (unpaired) electrons. The SMILES string of the molecule is Cc1ccc(O)c2c1[C@]13C4CN(CC5CC5)[C@H]4[C@]1(O)CC[C@@H](N1C(=O)c4ccc(Cl)cc4C1=O)[C@@H]3O2. The van der Waals surface area contributed by atoms with Gasteiger partial charge in [0.2, 0.25) is 0 Å². The summed E-state index contributed by atoms with van der Waals surface area (Å²) in [6, 6.07) is 7.76. The highest BCUT2D eigenvalue weighted by Crippen LogP contribution is 2.74. The van der Waals surface area contributed by atoms with Crippen molar-refractivity contribution < 1.29 is 24.5 Å². The second kappa shape index (κ2) is 6.63. The van der Waals surface area contributed by atoms with Gasteiger partial charge in [-0.2, -0.15) is 0 Å². The van der Waals surface area contributed by atoms with E-state index in [0.717, 1.165) is 30.1 Å². The first kappa shape index (κ1) is 21.5. The fourth-order valence-electron chi connectivity index (χ4n) is 8.48. The predicted octanol–water partition coefficient (Wildman–Crippen LogP) is 3.27. The van der Waals surface area contributed by atoms with E-state index in [4.69, 9.17) is 16.3 Å². The molecule has 6 aliphatic rings. The Kier molecular flexibility index (Phi) is 3.95. The van der Waals surface area contributed by atoms with Gasteiger partial charge < -0.3 is 14.9 Å². The maximum absolute atomic E-state index is 13.5. The van der Waals surface area contributed by atoms with Gasteiger partial charge in [-0.25, -0.2) is 0 Å². The van der Waals surface area contributed by atoms with Gasteiger partial charge in [0.1, 0.15) is 6.10 Å². The van der Waals surface area contributed by atoms with Gasteiger partial charge in [-0.3, -0.25) is 19.4 Å². The number of rotatable bonds is 3. The van der Waals surface area contributed by atoms with Crippen LogP contribution in [0, 0.1) is 18.8 Å². The van der Waals surface area contributed by atoms with Crippen molar-refractivity contribution in [1.82, 2.24) is 9.80 Å². The molecule has 1 unspecified atom stereocenters. The van der Waals surface area contributed by atoms with Crippen LogP contribution in [0.5, 0.6) is 11.5 Å². The number of benzene rings is 2. The van der Waals surface area contributed by atoms with Gasteiger partial charge >= 0.3 is 0 Å². The number of phenols is 1. The number of imide groups is 1. The lowest BCUT2D eigenvalue weighted by atomic mass is 9.35. The topological polar surface area (TPSA) is 90.3 Å². The second-order valence-electron chi connectivity index (χ2n) is 11.7. The molecule has 0 bridgehead atoms. The summed E-state index contributed by atoms with van der Waals surface area (Å²) in [6.45, 7) is 3.85. The molecule has 0 aromatic heterocycles. The number of hydrogen-bond acceptors (Lipinski definition) is 6. The van der Waals surface area contributed by atoms with Crippen LogP contribution in [0.4, 0.5) is 0 Å². The third kappa shape index (κ3) is 2.25. The number of aliphatic hydroxyl groups is 1. The van der Waals surface area contributed by atoms with Crippen molar-refractivity contribution in [1.29, 1.82) is 0 Å². The number of nitrogens with zero attached hydrogens (tertiary/aromatic N) is 2. The Labute approximate surface area is 213 Å². The van der Waals surface area contributed by atoms with Gasteiger partial charge in [0.05, 0.1) is 28.2 Å². The quantitative estimate of drug-likeness (QED) is 0.621. The summed E-state index contributed by atoms with van der Waals surface area (Å²) in [5.74, 6) is 0.569. The Hall–Kier alpha value is -2.61. The zero-order chi connectivity index (χ0) is 24.7. The minimum atomic E-state index is -1.04. The second-order valence-corrected chi connectivity index (χ2v) is 12.1. The van der Waals surface area contributed by atoms with Gasteiger partial charge in [0.25, 0.3) is 11.8 Å². The van der Waals surface area contributed by atoms with E-state index in [2.05, 4.69) is 4.90 Å². The van der Waals surface area contributed by atoms with Gasteiger partial charge in [-0.1, -0.05) is 17.7 Å². The van der Waals surface area contributed by atoms with Crippen LogP contribution < -0.4 is 4.74 Å². The van der Waals surface area contributed by atoms with Gasteiger partial charge in [-0.15, -0.1) is 0 Å². The summed E-state index contributed by atoms with van der Waals surface area (Å²) in [6.07, 6.45) is 2.79. The number of aryl methyl sites for hydroxylation is 1. The Morgan fingerprint density at radius 1 is 1.11 bits per heavy atom. The Morgan fingerprint density at radius 3 is 2.67 bits per heavy atom. The number of phenolic OH excluding ortho intramolecular Hbond substituents is 1. The molecule has 6 atom stereocenters. The lowest BCUT2D eigenvalue weighted by Crippen LogP contribution is -2.92. The number of piperidine rings is 1. The molecular formula is C28H27ClN2O5. The third-order valence-corrected chi connectivity index (χ3v) is 10.3. The van der Waals surface area contributed by atoms with Crippen LogP contribution in [0.3, 0.4) is 0 Å². The summed E-state index contributed by atoms with van der Waals surface area (Å²) in [5.41, 5.74) is 0.648. The molecular weight excluding hydrogens is 480 g/mol. The number of fused-ring (bicyclic) bond motifs is 4. The lowest BCUT2D eigenvalue weighted by molar-refractivity contribution is -0.320. The van der Waals surface area contributed by atoms with E-state index < -0.39 is 23.2 Å². The minimum Gasteiger partial charge on any atom is -0.504 e. The highest BCUT2D eigenvalue weighted by atomic mass is 35.5. The maximum atomic E-state index is 13.5. The van der Waals surface area contributed by atoms with E-state index in [1.54, 1.807) is 24.3 Å². The summed E-state index contributed by atoms with van der Waals surface area (Å²) >= 11 is 6.15. The van der Waals surface area contributed by atoms with Gasteiger partial charge in [0.15, 0.2) is 11.5 Å². The lowest BCUT2D eigenvalue weighted by Gasteiger charge is -2.78.